The number of fused-ring (bicyclic) bond motifs is 1. The first kappa shape index (κ1) is 35.3. The van der Waals surface area contributed by atoms with Gasteiger partial charge < -0.3 is 21.3 Å². The molecule has 4 rings (SSSR count). The largest absolute Gasteiger partial charge is 0.383 e. The maximum absolute atomic E-state index is 14.9. The van der Waals surface area contributed by atoms with Gasteiger partial charge in [-0.3, -0.25) is 24.2 Å². The highest BCUT2D eigenvalue weighted by Crippen LogP contribution is 2.38. The Morgan fingerprint density at radius 3 is 2.51 bits per heavy atom. The van der Waals surface area contributed by atoms with Crippen molar-refractivity contribution in [3.8, 4) is 10.4 Å². The van der Waals surface area contributed by atoms with Crippen molar-refractivity contribution >= 4 is 39.9 Å². The summed E-state index contributed by atoms with van der Waals surface area (Å²) in [4.78, 5) is 28.4. The smallest absolute Gasteiger partial charge is 0.331 e. The van der Waals surface area contributed by atoms with E-state index in [0.29, 0.717) is 42.8 Å². The number of nitrogens with one attached hydrogen (secondary N) is 3. The molecule has 0 spiro atoms. The van der Waals surface area contributed by atoms with Gasteiger partial charge >= 0.3 is 5.69 Å². The molecule has 0 atom stereocenters. The summed E-state index contributed by atoms with van der Waals surface area (Å²) in [6, 6.07) is 11.6. The summed E-state index contributed by atoms with van der Waals surface area (Å²) in [6.07, 6.45) is 4.93. The highest BCUT2D eigenvalue weighted by molar-refractivity contribution is 7.22. The number of hydrogen-bond acceptors (Lipinski definition) is 9. The van der Waals surface area contributed by atoms with Gasteiger partial charge in [0.25, 0.3) is 0 Å². The molecule has 47 heavy (non-hydrogen) atoms. The van der Waals surface area contributed by atoms with Crippen LogP contribution in [-0.4, -0.2) is 66.2 Å². The normalized spacial score (nSPS) is 11.6. The summed E-state index contributed by atoms with van der Waals surface area (Å²) in [5.74, 6) is -1.85. The first-order valence-electron chi connectivity index (χ1n) is 15.2. The number of rotatable bonds is 18. The molecule has 2 aromatic carbocycles. The van der Waals surface area contributed by atoms with Crippen LogP contribution in [0, 0.1) is 22.5 Å². The number of unbranched alkanes of at least 4 members (excludes halogenated alkanes) is 1. The van der Waals surface area contributed by atoms with Crippen molar-refractivity contribution in [3.05, 3.63) is 86.8 Å². The fourth-order valence-corrected chi connectivity index (χ4v) is 6.60. The Morgan fingerprint density at radius 2 is 1.85 bits per heavy atom. The fraction of sp³-hybridized carbons (Fsp3) is 0.364. The lowest BCUT2D eigenvalue weighted by molar-refractivity contribution is -0.118. The van der Waals surface area contributed by atoms with E-state index >= 15 is 0 Å². The van der Waals surface area contributed by atoms with Crippen LogP contribution >= 0.6 is 11.3 Å². The molecule has 5 N–H and O–H groups in total. The second-order valence-electron chi connectivity index (χ2n) is 11.1. The predicted molar refractivity (Wildman–Crippen MR) is 181 cm³/mol. The summed E-state index contributed by atoms with van der Waals surface area (Å²) in [6.45, 7) is 1.39. The highest BCUT2D eigenvalue weighted by Gasteiger charge is 2.24. The van der Waals surface area contributed by atoms with Gasteiger partial charge in [0.1, 0.15) is 22.0 Å². The van der Waals surface area contributed by atoms with E-state index in [-0.39, 0.29) is 36.6 Å². The predicted octanol–water partition coefficient (Wildman–Crippen LogP) is 3.84. The molecular formula is C33H40F2N8O3S. The number of nitrogens with two attached hydrogens (primary N) is 1. The van der Waals surface area contributed by atoms with Crippen molar-refractivity contribution < 1.29 is 18.3 Å². The summed E-state index contributed by atoms with van der Waals surface area (Å²) in [7, 11) is 3.56. The molecule has 0 unspecified atom stereocenters. The summed E-state index contributed by atoms with van der Waals surface area (Å²) < 4.78 is 37.7. The number of thiophene rings is 1. The van der Waals surface area contributed by atoms with E-state index in [2.05, 4.69) is 15.4 Å². The van der Waals surface area contributed by atoms with Crippen molar-refractivity contribution in [1.82, 2.24) is 19.5 Å². The zero-order chi connectivity index (χ0) is 33.9. The quantitative estimate of drug-likeness (QED) is 0.0722. The van der Waals surface area contributed by atoms with E-state index in [4.69, 9.17) is 15.9 Å². The number of aromatic nitrogens is 2. The van der Waals surface area contributed by atoms with Gasteiger partial charge in [-0.1, -0.05) is 30.3 Å². The monoisotopic (exact) mass is 666 g/mol. The second-order valence-corrected chi connectivity index (χ2v) is 12.1. The van der Waals surface area contributed by atoms with Crippen LogP contribution in [0.15, 0.2) is 52.4 Å². The molecule has 250 valence electrons. The molecule has 11 nitrogen and oxygen atoms in total. The lowest BCUT2D eigenvalue weighted by Gasteiger charge is -2.18. The number of likely N-dealkylation sites (N-methyl/N-ethyl adjacent to an activating group) is 1. The van der Waals surface area contributed by atoms with Gasteiger partial charge in [0.05, 0.1) is 31.3 Å². The number of halogens is 2. The molecular weight excluding hydrogens is 626 g/mol. The van der Waals surface area contributed by atoms with Crippen LogP contribution in [0.2, 0.25) is 0 Å². The van der Waals surface area contributed by atoms with Gasteiger partial charge in [0.15, 0.2) is 0 Å². The van der Waals surface area contributed by atoms with Crippen LogP contribution < -0.4 is 22.3 Å². The topological polar surface area (TPSA) is 155 Å². The molecule has 0 aliphatic rings. The van der Waals surface area contributed by atoms with Crippen LogP contribution in [0.1, 0.15) is 36.0 Å². The highest BCUT2D eigenvalue weighted by atomic mass is 32.1. The standard InChI is InChI=1S/C33H40F2N8O3S/c1-41(18-19-46-2)20-25-29-31(38)42(17-16-40-39-15-14-36)33(45)43(21-24-26(34)7-5-8-27(24)35)32(29)47-30(25)23-12-10-22(11-13-23)6-3-4-9-28(37)44/h5,7-8,10-15,36,38,40H,3-4,6,9,16-21H2,1-2H3,(H2,37,44)/b36-14?,38-31?,39-15-. The van der Waals surface area contributed by atoms with E-state index in [0.717, 1.165) is 52.8 Å². The summed E-state index contributed by atoms with van der Waals surface area (Å²) >= 11 is 1.31. The molecule has 2 aromatic heterocycles. The van der Waals surface area contributed by atoms with Crippen LogP contribution in [0.4, 0.5) is 8.78 Å². The first-order chi connectivity index (χ1) is 22.7. The Morgan fingerprint density at radius 1 is 1.13 bits per heavy atom. The maximum Gasteiger partial charge on any atom is 0.331 e. The van der Waals surface area contributed by atoms with Crippen molar-refractivity contribution in [1.29, 1.82) is 10.8 Å². The van der Waals surface area contributed by atoms with Gasteiger partial charge in [-0.2, -0.15) is 5.10 Å². The van der Waals surface area contributed by atoms with Gasteiger partial charge in [-0.15, -0.1) is 11.3 Å². The molecule has 1 amide bonds. The van der Waals surface area contributed by atoms with Crippen molar-refractivity contribution in [2.75, 3.05) is 33.9 Å². The minimum atomic E-state index is -0.767. The fourth-order valence-electron chi connectivity index (χ4n) is 5.29. The van der Waals surface area contributed by atoms with Crippen LogP contribution in [-0.2, 0) is 35.6 Å². The van der Waals surface area contributed by atoms with E-state index in [1.165, 1.54) is 32.8 Å². The van der Waals surface area contributed by atoms with E-state index < -0.39 is 17.3 Å². The molecule has 0 saturated carbocycles. The number of aryl methyl sites for hydroxylation is 1. The third-order valence-corrected chi connectivity index (χ3v) is 9.03. The molecule has 0 aliphatic carbocycles. The lowest BCUT2D eigenvalue weighted by Crippen LogP contribution is -2.42. The summed E-state index contributed by atoms with van der Waals surface area (Å²) in [5.41, 5.74) is 9.97. The van der Waals surface area contributed by atoms with Crippen molar-refractivity contribution in [2.45, 2.75) is 45.3 Å². The van der Waals surface area contributed by atoms with E-state index in [9.17, 15) is 23.8 Å². The number of nitrogens with zero attached hydrogens (tertiary/aromatic N) is 4. The third-order valence-electron chi connectivity index (χ3n) is 7.73. The Bertz CT molecular complexity index is 1830. The molecule has 0 bridgehead atoms. The van der Waals surface area contributed by atoms with Crippen LogP contribution in [0.25, 0.3) is 20.7 Å². The molecule has 0 aliphatic heterocycles. The van der Waals surface area contributed by atoms with Crippen LogP contribution in [0.3, 0.4) is 0 Å². The van der Waals surface area contributed by atoms with Gasteiger partial charge in [0, 0.05) is 49.8 Å². The van der Waals surface area contributed by atoms with Crippen LogP contribution in [0.5, 0.6) is 0 Å². The number of benzene rings is 2. The van der Waals surface area contributed by atoms with Crippen molar-refractivity contribution in [3.63, 3.8) is 0 Å². The number of carbonyl (C=O) groups excluding carboxylic acids is 1. The SMILES string of the molecule is COCCN(C)Cc1c(-c2ccc(CCCCC(N)=O)cc2)sc2c1c(=N)n(CCN/N=C\C=N)c(=O)n2Cc1c(F)cccc1F. The zero-order valence-electron chi connectivity index (χ0n) is 26.5. The minimum absolute atomic E-state index is 0.0169. The first-order valence-corrected chi connectivity index (χ1v) is 16.0. The molecule has 4 aromatic rings. The zero-order valence-corrected chi connectivity index (χ0v) is 27.3. The second kappa shape index (κ2) is 16.9. The Kier molecular flexibility index (Phi) is 12.7. The number of primary amides is 1. The molecule has 0 radical (unpaired) electrons. The third kappa shape index (κ3) is 8.84. The molecule has 14 heteroatoms. The summed E-state index contributed by atoms with van der Waals surface area (Å²) in [5, 5.41) is 20.7. The number of amides is 1. The number of hydrazone groups is 1. The van der Waals surface area contributed by atoms with E-state index in [1.807, 2.05) is 31.3 Å². The Labute approximate surface area is 275 Å². The minimum Gasteiger partial charge on any atom is -0.383 e. The Balaban J connectivity index is 1.89. The molecule has 0 saturated heterocycles. The van der Waals surface area contributed by atoms with Gasteiger partial charge in [-0.05, 0) is 55.1 Å². The molecule has 0 fully saturated rings. The average molecular weight is 667 g/mol. The number of ether oxygens (including phenoxy) is 1. The average Bonchev–Trinajstić information content (AvgIpc) is 3.41. The number of carbonyl (C=O) groups is 1. The lowest BCUT2D eigenvalue weighted by atomic mass is 10.0. The van der Waals surface area contributed by atoms with Gasteiger partial charge in [-0.25, -0.2) is 13.6 Å². The molecule has 2 heterocycles. The maximum atomic E-state index is 14.9. The van der Waals surface area contributed by atoms with E-state index in [1.54, 1.807) is 7.11 Å². The van der Waals surface area contributed by atoms with Crippen molar-refractivity contribution in [2.24, 2.45) is 10.8 Å². The number of hydrogen-bond donors (Lipinski definition) is 4. The number of methoxy groups -OCH3 is 1. The van der Waals surface area contributed by atoms with Gasteiger partial charge in [0.2, 0.25) is 5.91 Å². The Hall–Kier alpha value is -4.53.